The summed E-state index contributed by atoms with van der Waals surface area (Å²) in [7, 11) is -0.787. The third-order valence-corrected chi connectivity index (χ3v) is 3.49. The number of anilines is 1. The zero-order valence-electron chi connectivity index (χ0n) is 9.87. The Hall–Kier alpha value is -1.05. The van der Waals surface area contributed by atoms with Crippen molar-refractivity contribution >= 4 is 28.1 Å². The van der Waals surface area contributed by atoms with Crippen molar-refractivity contribution in [2.24, 2.45) is 0 Å². The molecule has 0 fully saturated rings. The molecule has 0 aliphatic carbocycles. The summed E-state index contributed by atoms with van der Waals surface area (Å²) < 4.78 is 11.0. The summed E-state index contributed by atoms with van der Waals surface area (Å²) in [6.07, 6.45) is 2.48. The quantitative estimate of drug-likeness (QED) is 0.895. The Morgan fingerprint density at radius 2 is 2.29 bits per heavy atom. The van der Waals surface area contributed by atoms with E-state index >= 15 is 0 Å². The maximum Gasteiger partial charge on any atom is 0.103 e. The molecule has 0 aromatic heterocycles. The fraction of sp³-hybridized carbons (Fsp3) is 0.417. The van der Waals surface area contributed by atoms with Gasteiger partial charge in [0.2, 0.25) is 0 Å². The molecule has 0 heterocycles. The van der Waals surface area contributed by atoms with Crippen LogP contribution < -0.4 is 5.32 Å². The summed E-state index contributed by atoms with van der Waals surface area (Å²) in [5.41, 5.74) is 1.19. The van der Waals surface area contributed by atoms with Crippen molar-refractivity contribution < 1.29 is 4.21 Å². The lowest BCUT2D eigenvalue weighted by molar-refractivity contribution is 0.678. The molecule has 1 aromatic carbocycles. The minimum atomic E-state index is -0.787. The van der Waals surface area contributed by atoms with Gasteiger partial charge in [0.05, 0.1) is 16.3 Å². The highest BCUT2D eigenvalue weighted by atomic mass is 35.5. The van der Waals surface area contributed by atoms with Gasteiger partial charge in [-0.25, -0.2) is 0 Å². The van der Waals surface area contributed by atoms with Gasteiger partial charge < -0.3 is 5.32 Å². The first-order chi connectivity index (χ1) is 8.04. The molecular weight excluding hydrogens is 256 g/mol. The van der Waals surface area contributed by atoms with E-state index in [0.29, 0.717) is 16.3 Å². The monoisotopic (exact) mass is 270 g/mol. The summed E-state index contributed by atoms with van der Waals surface area (Å²) in [6, 6.07) is 7.55. The Labute approximate surface area is 109 Å². The predicted molar refractivity (Wildman–Crippen MR) is 72.8 cm³/mol. The lowest BCUT2D eigenvalue weighted by Crippen LogP contribution is -2.18. The Balaban J connectivity index is 2.72. The molecule has 17 heavy (non-hydrogen) atoms. The molecule has 1 aromatic rings. The fourth-order valence-electron chi connectivity index (χ4n) is 1.44. The molecule has 0 spiro atoms. The second kappa shape index (κ2) is 6.63. The highest BCUT2D eigenvalue weighted by Gasteiger charge is 2.09. The zero-order chi connectivity index (χ0) is 12.8. The molecule has 92 valence electrons. The summed E-state index contributed by atoms with van der Waals surface area (Å²) in [5, 5.41) is 12.7. The number of nitriles is 1. The van der Waals surface area contributed by atoms with E-state index in [1.54, 1.807) is 18.4 Å². The number of hydrogen-bond donors (Lipinski definition) is 1. The van der Waals surface area contributed by atoms with Gasteiger partial charge in [-0.2, -0.15) is 5.26 Å². The van der Waals surface area contributed by atoms with Crippen LogP contribution in [0.15, 0.2) is 18.2 Å². The summed E-state index contributed by atoms with van der Waals surface area (Å²) in [5.74, 6) is 0.649. The van der Waals surface area contributed by atoms with Crippen LogP contribution in [0.2, 0.25) is 5.02 Å². The number of hydrogen-bond acceptors (Lipinski definition) is 3. The van der Waals surface area contributed by atoms with Gasteiger partial charge in [0.25, 0.3) is 0 Å². The van der Waals surface area contributed by atoms with E-state index in [4.69, 9.17) is 16.9 Å². The van der Waals surface area contributed by atoms with Crippen molar-refractivity contribution in [2.45, 2.75) is 19.4 Å². The summed E-state index contributed by atoms with van der Waals surface area (Å²) >= 11 is 5.93. The van der Waals surface area contributed by atoms with E-state index in [1.807, 2.05) is 13.0 Å². The topological polar surface area (TPSA) is 52.9 Å². The lowest BCUT2D eigenvalue weighted by Gasteiger charge is -2.16. The molecule has 0 radical (unpaired) electrons. The molecule has 0 saturated heterocycles. The van der Waals surface area contributed by atoms with E-state index in [1.165, 1.54) is 0 Å². The molecule has 5 heteroatoms. The Bertz CT molecular complexity index is 456. The highest BCUT2D eigenvalue weighted by molar-refractivity contribution is 7.84. The third kappa shape index (κ3) is 4.37. The molecule has 0 bridgehead atoms. The van der Waals surface area contributed by atoms with Crippen LogP contribution in [0.5, 0.6) is 0 Å². The molecular formula is C12H15ClN2OS. The third-order valence-electron chi connectivity index (χ3n) is 2.37. The minimum absolute atomic E-state index is 0.157. The first-order valence-corrected chi connectivity index (χ1v) is 7.40. The molecule has 0 saturated carbocycles. The standard InChI is InChI=1S/C12H15ClN2OS/c1-9(6-7-17(2)16)15-12-5-3-4-11(13)10(12)8-14/h3-5,9,15H,6-7H2,1-2H3. The molecule has 1 rings (SSSR count). The van der Waals surface area contributed by atoms with Crippen molar-refractivity contribution in [3.05, 3.63) is 28.8 Å². The normalized spacial score (nSPS) is 13.8. The van der Waals surface area contributed by atoms with Gasteiger partial charge in [-0.3, -0.25) is 4.21 Å². The maximum atomic E-state index is 11.0. The molecule has 1 N–H and O–H groups in total. The van der Waals surface area contributed by atoms with Gasteiger partial charge in [-0.1, -0.05) is 17.7 Å². The second-order valence-electron chi connectivity index (χ2n) is 3.89. The summed E-state index contributed by atoms with van der Waals surface area (Å²) in [6.45, 7) is 1.99. The first kappa shape index (κ1) is 14.0. The Kier molecular flexibility index (Phi) is 5.46. The van der Waals surface area contributed by atoms with E-state index in [-0.39, 0.29) is 6.04 Å². The van der Waals surface area contributed by atoms with E-state index in [2.05, 4.69) is 11.4 Å². The molecule has 0 aliphatic rings. The number of rotatable bonds is 5. The fourth-order valence-corrected chi connectivity index (χ4v) is 2.34. The van der Waals surface area contributed by atoms with E-state index in [0.717, 1.165) is 12.1 Å². The Morgan fingerprint density at radius 3 is 2.88 bits per heavy atom. The molecule has 0 amide bonds. The average Bonchev–Trinajstić information content (AvgIpc) is 2.27. The van der Waals surface area contributed by atoms with Crippen LogP contribution in [-0.2, 0) is 10.8 Å². The van der Waals surface area contributed by atoms with Crippen LogP contribution >= 0.6 is 11.6 Å². The lowest BCUT2D eigenvalue weighted by atomic mass is 10.1. The smallest absolute Gasteiger partial charge is 0.103 e. The van der Waals surface area contributed by atoms with Gasteiger partial charge in [-0.05, 0) is 25.5 Å². The van der Waals surface area contributed by atoms with Crippen LogP contribution in [0.3, 0.4) is 0 Å². The number of nitrogens with zero attached hydrogens (tertiary/aromatic N) is 1. The Morgan fingerprint density at radius 1 is 1.59 bits per heavy atom. The van der Waals surface area contributed by atoms with Gasteiger partial charge in [0.15, 0.2) is 0 Å². The SMILES string of the molecule is CC(CCS(C)=O)Nc1cccc(Cl)c1C#N. The largest absolute Gasteiger partial charge is 0.381 e. The molecule has 0 aliphatic heterocycles. The second-order valence-corrected chi connectivity index (χ2v) is 5.85. The van der Waals surface area contributed by atoms with Crippen molar-refractivity contribution in [1.82, 2.24) is 0 Å². The number of benzene rings is 1. The van der Waals surface area contributed by atoms with Gasteiger partial charge >= 0.3 is 0 Å². The first-order valence-electron chi connectivity index (χ1n) is 5.29. The number of halogens is 1. The highest BCUT2D eigenvalue weighted by Crippen LogP contribution is 2.24. The molecule has 3 nitrogen and oxygen atoms in total. The molecule has 2 unspecified atom stereocenters. The van der Waals surface area contributed by atoms with E-state index < -0.39 is 10.8 Å². The van der Waals surface area contributed by atoms with Crippen LogP contribution in [0, 0.1) is 11.3 Å². The van der Waals surface area contributed by atoms with Crippen molar-refractivity contribution in [3.63, 3.8) is 0 Å². The minimum Gasteiger partial charge on any atom is -0.381 e. The number of nitrogens with one attached hydrogen (secondary N) is 1. The molecule has 2 atom stereocenters. The van der Waals surface area contributed by atoms with Gasteiger partial charge in [-0.15, -0.1) is 0 Å². The van der Waals surface area contributed by atoms with Crippen molar-refractivity contribution in [1.29, 1.82) is 5.26 Å². The van der Waals surface area contributed by atoms with Crippen molar-refractivity contribution in [3.8, 4) is 6.07 Å². The van der Waals surface area contributed by atoms with E-state index in [9.17, 15) is 4.21 Å². The van der Waals surface area contributed by atoms with Gasteiger partial charge in [0, 0.05) is 28.9 Å². The summed E-state index contributed by atoms with van der Waals surface area (Å²) in [4.78, 5) is 0. The van der Waals surface area contributed by atoms with Crippen LogP contribution in [-0.4, -0.2) is 22.3 Å². The maximum absolute atomic E-state index is 11.0. The van der Waals surface area contributed by atoms with Crippen LogP contribution in [0.4, 0.5) is 5.69 Å². The van der Waals surface area contributed by atoms with Crippen LogP contribution in [0.1, 0.15) is 18.9 Å². The van der Waals surface area contributed by atoms with Crippen molar-refractivity contribution in [2.75, 3.05) is 17.3 Å². The predicted octanol–water partition coefficient (Wildman–Crippen LogP) is 2.78. The van der Waals surface area contributed by atoms with Gasteiger partial charge in [0.1, 0.15) is 6.07 Å². The average molecular weight is 271 g/mol. The van der Waals surface area contributed by atoms with Crippen LogP contribution in [0.25, 0.3) is 0 Å². The zero-order valence-corrected chi connectivity index (χ0v) is 11.4.